The molecule has 1 aromatic heterocycles. The second-order valence-corrected chi connectivity index (χ2v) is 5.75. The fraction of sp³-hybridized carbons (Fsp3) is 0.231. The van der Waals surface area contributed by atoms with E-state index in [1.807, 2.05) is 37.4 Å². The molecular weight excluding hydrogens is 332 g/mol. The average Bonchev–Trinajstić information content (AvgIpc) is 2.39. The zero-order chi connectivity index (χ0) is 13.0. The molecule has 2 nitrogen and oxygen atoms in total. The van der Waals surface area contributed by atoms with Crippen molar-refractivity contribution < 1.29 is 0 Å². The third-order valence-corrected chi connectivity index (χ3v) is 4.49. The highest BCUT2D eigenvalue weighted by atomic mass is 79.9. The van der Waals surface area contributed by atoms with E-state index in [-0.39, 0.29) is 0 Å². The third-order valence-electron chi connectivity index (χ3n) is 2.45. The molecule has 0 aliphatic carbocycles. The third kappa shape index (κ3) is 3.46. The lowest BCUT2D eigenvalue weighted by atomic mass is 10.3. The Morgan fingerprint density at radius 3 is 2.83 bits per heavy atom. The van der Waals surface area contributed by atoms with Gasteiger partial charge in [0.1, 0.15) is 5.82 Å². The summed E-state index contributed by atoms with van der Waals surface area (Å²) in [6, 6.07) is 7.81. The minimum absolute atomic E-state index is 0.726. The Kier molecular flexibility index (Phi) is 5.03. The van der Waals surface area contributed by atoms with Gasteiger partial charge in [0.2, 0.25) is 0 Å². The van der Waals surface area contributed by atoms with E-state index in [4.69, 9.17) is 11.6 Å². The van der Waals surface area contributed by atoms with Crippen molar-refractivity contribution >= 4 is 39.3 Å². The summed E-state index contributed by atoms with van der Waals surface area (Å²) in [6.45, 7) is 2.02. The smallest absolute Gasteiger partial charge is 0.138 e. The molecule has 0 amide bonds. The van der Waals surface area contributed by atoms with Crippen LogP contribution in [-0.2, 0) is 11.1 Å². The summed E-state index contributed by atoms with van der Waals surface area (Å²) in [6.07, 6.45) is 1.87. The van der Waals surface area contributed by atoms with Crippen molar-refractivity contribution in [2.75, 3.05) is 0 Å². The van der Waals surface area contributed by atoms with E-state index in [1.165, 1.54) is 0 Å². The van der Waals surface area contributed by atoms with E-state index in [0.29, 0.717) is 0 Å². The van der Waals surface area contributed by atoms with Crippen molar-refractivity contribution in [2.45, 2.75) is 22.9 Å². The molecule has 0 saturated heterocycles. The number of thioether (sulfide) groups is 1. The summed E-state index contributed by atoms with van der Waals surface area (Å²) in [4.78, 5) is 9.91. The molecule has 0 saturated carbocycles. The molecule has 0 fully saturated rings. The van der Waals surface area contributed by atoms with Gasteiger partial charge in [0.05, 0.1) is 16.5 Å². The lowest BCUT2D eigenvalue weighted by Crippen LogP contribution is -1.99. The van der Waals surface area contributed by atoms with Crippen LogP contribution in [0.1, 0.15) is 17.1 Å². The van der Waals surface area contributed by atoms with Gasteiger partial charge in [-0.25, -0.2) is 9.97 Å². The topological polar surface area (TPSA) is 25.8 Å². The van der Waals surface area contributed by atoms with Crippen LogP contribution >= 0.6 is 39.3 Å². The highest BCUT2D eigenvalue weighted by Crippen LogP contribution is 2.28. The monoisotopic (exact) mass is 342 g/mol. The van der Waals surface area contributed by atoms with E-state index in [0.717, 1.165) is 38.1 Å². The minimum Gasteiger partial charge on any atom is -0.240 e. The molecule has 5 heteroatoms. The molecule has 1 heterocycles. The van der Waals surface area contributed by atoms with Crippen molar-refractivity contribution in [3.63, 3.8) is 0 Å². The van der Waals surface area contributed by atoms with Crippen LogP contribution in [0.15, 0.2) is 35.4 Å². The van der Waals surface area contributed by atoms with Gasteiger partial charge in [-0.3, -0.25) is 0 Å². The number of hydrogen-bond donors (Lipinski definition) is 0. The number of rotatable bonds is 4. The number of aromatic nitrogens is 2. The van der Waals surface area contributed by atoms with Crippen LogP contribution in [0.4, 0.5) is 0 Å². The van der Waals surface area contributed by atoms with Crippen LogP contribution in [0.5, 0.6) is 0 Å². The minimum atomic E-state index is 0.726. The van der Waals surface area contributed by atoms with E-state index in [9.17, 15) is 0 Å². The molecule has 0 radical (unpaired) electrons. The zero-order valence-corrected chi connectivity index (χ0v) is 13.0. The molecule has 18 heavy (non-hydrogen) atoms. The van der Waals surface area contributed by atoms with Gasteiger partial charge < -0.3 is 0 Å². The molecule has 0 aliphatic rings. The first-order chi connectivity index (χ1) is 8.70. The number of hydrogen-bond acceptors (Lipinski definition) is 3. The van der Waals surface area contributed by atoms with Gasteiger partial charge in [-0.2, -0.15) is 0 Å². The Morgan fingerprint density at radius 1 is 1.33 bits per heavy atom. The molecule has 0 spiro atoms. The quantitative estimate of drug-likeness (QED) is 0.598. The van der Waals surface area contributed by atoms with Gasteiger partial charge in [-0.05, 0) is 24.6 Å². The second kappa shape index (κ2) is 6.55. The first-order valence-corrected chi connectivity index (χ1v) is 7.94. The maximum atomic E-state index is 6.11. The number of halogens is 2. The maximum Gasteiger partial charge on any atom is 0.138 e. The van der Waals surface area contributed by atoms with E-state index >= 15 is 0 Å². The van der Waals surface area contributed by atoms with Crippen molar-refractivity contribution in [1.82, 2.24) is 9.97 Å². The van der Waals surface area contributed by atoms with Gasteiger partial charge in [-0.1, -0.05) is 39.7 Å². The van der Waals surface area contributed by atoms with E-state index < -0.39 is 0 Å². The first-order valence-electron chi connectivity index (χ1n) is 5.45. The number of nitrogens with zero attached hydrogens (tertiary/aromatic N) is 2. The van der Waals surface area contributed by atoms with Crippen molar-refractivity contribution in [2.24, 2.45) is 0 Å². The Labute approximate surface area is 124 Å². The van der Waals surface area contributed by atoms with Crippen LogP contribution in [0.2, 0.25) is 5.02 Å². The Bertz CT molecular complexity index is 548. The van der Waals surface area contributed by atoms with E-state index in [1.54, 1.807) is 11.8 Å². The fourth-order valence-corrected chi connectivity index (χ4v) is 3.10. The molecule has 2 aromatic rings. The molecular formula is C13H12BrClN2S. The Morgan fingerprint density at radius 2 is 2.11 bits per heavy atom. The first kappa shape index (κ1) is 13.8. The van der Waals surface area contributed by atoms with Gasteiger partial charge in [0, 0.05) is 16.4 Å². The van der Waals surface area contributed by atoms with Crippen LogP contribution in [0, 0.1) is 6.92 Å². The summed E-state index contributed by atoms with van der Waals surface area (Å²) in [5.41, 5.74) is 2.15. The molecule has 0 aliphatic heterocycles. The molecule has 94 valence electrons. The molecule has 1 aromatic carbocycles. The predicted octanol–water partition coefficient (Wildman–Crippen LogP) is 4.63. The Balaban J connectivity index is 2.09. The number of alkyl halides is 1. The van der Waals surface area contributed by atoms with Crippen LogP contribution in [-0.4, -0.2) is 9.97 Å². The summed E-state index contributed by atoms with van der Waals surface area (Å²) >= 11 is 11.2. The lowest BCUT2D eigenvalue weighted by Gasteiger charge is -2.05. The highest BCUT2D eigenvalue weighted by Gasteiger charge is 2.05. The molecule has 0 N–H and O–H groups in total. The highest BCUT2D eigenvalue weighted by molar-refractivity contribution is 9.08. The van der Waals surface area contributed by atoms with Crippen molar-refractivity contribution in [3.8, 4) is 0 Å². The molecule has 0 atom stereocenters. The molecule has 0 bridgehead atoms. The normalized spacial score (nSPS) is 10.6. The number of benzene rings is 1. The summed E-state index contributed by atoms with van der Waals surface area (Å²) in [5, 5.41) is 1.53. The number of aryl methyl sites for hydroxylation is 1. The average molecular weight is 344 g/mol. The predicted molar refractivity (Wildman–Crippen MR) is 80.4 cm³/mol. The SMILES string of the molecule is Cc1cnc(CSc2ccccc2Cl)nc1CBr. The van der Waals surface area contributed by atoms with Crippen LogP contribution in [0.25, 0.3) is 0 Å². The fourth-order valence-electron chi connectivity index (χ4n) is 1.43. The summed E-state index contributed by atoms with van der Waals surface area (Å²) in [5.74, 6) is 1.56. The van der Waals surface area contributed by atoms with Gasteiger partial charge >= 0.3 is 0 Å². The largest absolute Gasteiger partial charge is 0.240 e. The van der Waals surface area contributed by atoms with Crippen LogP contribution in [0.3, 0.4) is 0 Å². The van der Waals surface area contributed by atoms with Gasteiger partial charge in [0.15, 0.2) is 0 Å². The van der Waals surface area contributed by atoms with Gasteiger partial charge in [0.25, 0.3) is 0 Å². The Hall–Kier alpha value is -0.580. The summed E-state index contributed by atoms with van der Waals surface area (Å²) < 4.78 is 0. The van der Waals surface area contributed by atoms with Crippen LogP contribution < -0.4 is 0 Å². The zero-order valence-electron chi connectivity index (χ0n) is 9.86. The standard InChI is InChI=1S/C13H12BrClN2S/c1-9-7-16-13(17-11(9)6-14)8-18-12-5-3-2-4-10(12)15/h2-5,7H,6,8H2,1H3. The van der Waals surface area contributed by atoms with E-state index in [2.05, 4.69) is 25.9 Å². The van der Waals surface area contributed by atoms with Crippen molar-refractivity contribution in [1.29, 1.82) is 0 Å². The lowest BCUT2D eigenvalue weighted by molar-refractivity contribution is 0.967. The molecule has 2 rings (SSSR count). The molecule has 0 unspecified atom stereocenters. The second-order valence-electron chi connectivity index (χ2n) is 3.77. The van der Waals surface area contributed by atoms with Crippen molar-refractivity contribution in [3.05, 3.63) is 52.6 Å². The summed E-state index contributed by atoms with van der Waals surface area (Å²) in [7, 11) is 0. The maximum absolute atomic E-state index is 6.11. The van der Waals surface area contributed by atoms with Gasteiger partial charge in [-0.15, -0.1) is 11.8 Å².